The van der Waals surface area contributed by atoms with Crippen molar-refractivity contribution in [3.05, 3.63) is 71.1 Å². The van der Waals surface area contributed by atoms with E-state index in [9.17, 15) is 0 Å². The second kappa shape index (κ2) is 19.2. The van der Waals surface area contributed by atoms with E-state index >= 15 is 0 Å². The van der Waals surface area contributed by atoms with E-state index in [0.717, 1.165) is 38.7 Å². The first-order valence-corrected chi connectivity index (χ1v) is 11.8. The van der Waals surface area contributed by atoms with Crippen molar-refractivity contribution in [2.24, 2.45) is 0 Å². The highest BCUT2D eigenvalue weighted by Crippen LogP contribution is 2.14. The molecule has 0 saturated heterocycles. The summed E-state index contributed by atoms with van der Waals surface area (Å²) in [7, 11) is 0. The smallest absolute Gasteiger partial charge is 0.0876 e. The standard InChI is InChI=1S/C29H48O/c1-8-30-24-14-23-29(7)22-13-20-27(5)17-10-9-16-26(4)19-12-21-28(6)18-11-15-25(2)3/h8,15-17,21-22H,1,9-14,18-20,23-24H2,2-7H3. The largest absolute Gasteiger partial charge is 0.502 e. The number of hydrogen-bond acceptors (Lipinski definition) is 1. The number of hydrogen-bond donors (Lipinski definition) is 0. The predicted octanol–water partition coefficient (Wildman–Crippen LogP) is 9.80. The molecule has 0 aromatic heterocycles. The Hall–Kier alpha value is -1.76. The van der Waals surface area contributed by atoms with Gasteiger partial charge in [0.1, 0.15) is 0 Å². The number of ether oxygens (including phenoxy) is 1. The van der Waals surface area contributed by atoms with Crippen LogP contribution in [0.15, 0.2) is 71.1 Å². The van der Waals surface area contributed by atoms with E-state index in [0.29, 0.717) is 0 Å². The average Bonchev–Trinajstić information content (AvgIpc) is 2.68. The number of unbranched alkanes of at least 4 members (excludes halogenated alkanes) is 1. The Morgan fingerprint density at radius 2 is 0.967 bits per heavy atom. The molecule has 0 saturated carbocycles. The van der Waals surface area contributed by atoms with Crippen LogP contribution in [0.4, 0.5) is 0 Å². The van der Waals surface area contributed by atoms with Gasteiger partial charge in [0, 0.05) is 0 Å². The minimum atomic E-state index is 0.771. The summed E-state index contributed by atoms with van der Waals surface area (Å²) in [6, 6.07) is 0. The van der Waals surface area contributed by atoms with Crippen LogP contribution < -0.4 is 0 Å². The maximum atomic E-state index is 5.17. The van der Waals surface area contributed by atoms with E-state index in [4.69, 9.17) is 4.74 Å². The third-order valence-corrected chi connectivity index (χ3v) is 5.26. The van der Waals surface area contributed by atoms with Crippen molar-refractivity contribution >= 4 is 0 Å². The maximum absolute atomic E-state index is 5.17. The molecule has 0 aromatic rings. The molecule has 0 aromatic carbocycles. The van der Waals surface area contributed by atoms with Crippen molar-refractivity contribution in [1.29, 1.82) is 0 Å². The van der Waals surface area contributed by atoms with Crippen LogP contribution in [0, 0.1) is 0 Å². The van der Waals surface area contributed by atoms with Crippen molar-refractivity contribution < 1.29 is 4.74 Å². The van der Waals surface area contributed by atoms with Crippen LogP contribution in [0.2, 0.25) is 0 Å². The number of rotatable bonds is 17. The van der Waals surface area contributed by atoms with E-state index in [1.165, 1.54) is 66.2 Å². The second-order valence-electron chi connectivity index (χ2n) is 8.82. The van der Waals surface area contributed by atoms with Gasteiger partial charge in [-0.1, -0.05) is 64.8 Å². The van der Waals surface area contributed by atoms with Crippen LogP contribution in [0.5, 0.6) is 0 Å². The Balaban J connectivity index is 4.00. The van der Waals surface area contributed by atoms with Crippen LogP contribution in [0.25, 0.3) is 0 Å². The van der Waals surface area contributed by atoms with Crippen molar-refractivity contribution in [1.82, 2.24) is 0 Å². The fourth-order valence-corrected chi connectivity index (χ4v) is 3.27. The Kier molecular flexibility index (Phi) is 18.1. The zero-order valence-corrected chi connectivity index (χ0v) is 20.9. The van der Waals surface area contributed by atoms with E-state index in [1.807, 2.05) is 0 Å². The third-order valence-electron chi connectivity index (χ3n) is 5.26. The fourth-order valence-electron chi connectivity index (χ4n) is 3.27. The van der Waals surface area contributed by atoms with Gasteiger partial charge in [-0.3, -0.25) is 0 Å². The van der Waals surface area contributed by atoms with Gasteiger partial charge in [0.15, 0.2) is 0 Å². The summed E-state index contributed by atoms with van der Waals surface area (Å²) in [6.07, 6.45) is 25.0. The average molecular weight is 413 g/mol. The molecule has 0 aliphatic rings. The lowest BCUT2D eigenvalue weighted by atomic mass is 10.0. The van der Waals surface area contributed by atoms with Gasteiger partial charge in [-0.15, -0.1) is 0 Å². The summed E-state index contributed by atoms with van der Waals surface area (Å²) in [5.74, 6) is 0. The molecule has 0 amide bonds. The molecule has 0 heterocycles. The van der Waals surface area contributed by atoms with Gasteiger partial charge >= 0.3 is 0 Å². The lowest BCUT2D eigenvalue weighted by Crippen LogP contribution is -1.88. The van der Waals surface area contributed by atoms with E-state index in [-0.39, 0.29) is 0 Å². The summed E-state index contributed by atoms with van der Waals surface area (Å²) >= 11 is 0. The highest BCUT2D eigenvalue weighted by Gasteiger charge is 1.94. The monoisotopic (exact) mass is 412 g/mol. The van der Waals surface area contributed by atoms with Crippen LogP contribution in [0.1, 0.15) is 106 Å². The molecule has 0 atom stereocenters. The molecular formula is C29H48O. The second-order valence-corrected chi connectivity index (χ2v) is 8.82. The first-order valence-electron chi connectivity index (χ1n) is 11.8. The SMILES string of the molecule is C=COCCCC(C)=CCCC(C)=CCCC=C(C)CCC=C(C)CCC=C(C)C. The molecule has 0 bridgehead atoms. The van der Waals surface area contributed by atoms with Gasteiger partial charge in [-0.25, -0.2) is 0 Å². The van der Waals surface area contributed by atoms with E-state index in [2.05, 4.69) is 78.5 Å². The summed E-state index contributed by atoms with van der Waals surface area (Å²) in [4.78, 5) is 0. The van der Waals surface area contributed by atoms with Gasteiger partial charge in [0.25, 0.3) is 0 Å². The summed E-state index contributed by atoms with van der Waals surface area (Å²) < 4.78 is 5.17. The topological polar surface area (TPSA) is 9.23 Å². The summed E-state index contributed by atoms with van der Waals surface area (Å²) in [5.41, 5.74) is 7.44. The highest BCUT2D eigenvalue weighted by molar-refractivity contribution is 5.07. The molecule has 0 fully saturated rings. The van der Waals surface area contributed by atoms with Crippen molar-refractivity contribution in [3.8, 4) is 0 Å². The minimum absolute atomic E-state index is 0.771. The zero-order chi connectivity index (χ0) is 22.6. The van der Waals surface area contributed by atoms with Crippen molar-refractivity contribution in [3.63, 3.8) is 0 Å². The van der Waals surface area contributed by atoms with Crippen LogP contribution >= 0.6 is 0 Å². The number of allylic oxidation sites excluding steroid dienone is 10. The molecule has 0 rings (SSSR count). The first kappa shape index (κ1) is 28.2. The molecule has 170 valence electrons. The molecule has 0 unspecified atom stereocenters. The molecule has 0 spiro atoms. The Morgan fingerprint density at radius 1 is 0.567 bits per heavy atom. The molecule has 1 heteroatoms. The van der Waals surface area contributed by atoms with E-state index < -0.39 is 0 Å². The Bertz CT molecular complexity index is 606. The predicted molar refractivity (Wildman–Crippen MR) is 137 cm³/mol. The molecular weight excluding hydrogens is 364 g/mol. The lowest BCUT2D eigenvalue weighted by molar-refractivity contribution is 0.246. The molecule has 30 heavy (non-hydrogen) atoms. The molecule has 0 N–H and O–H groups in total. The van der Waals surface area contributed by atoms with Crippen LogP contribution in [-0.4, -0.2) is 6.61 Å². The lowest BCUT2D eigenvalue weighted by Gasteiger charge is -2.03. The summed E-state index contributed by atoms with van der Waals surface area (Å²) in [5, 5.41) is 0. The van der Waals surface area contributed by atoms with Gasteiger partial charge in [-0.2, -0.15) is 0 Å². The van der Waals surface area contributed by atoms with Gasteiger partial charge in [0.2, 0.25) is 0 Å². The van der Waals surface area contributed by atoms with Crippen LogP contribution in [0.3, 0.4) is 0 Å². The fraction of sp³-hybridized carbons (Fsp3) is 0.586. The molecule has 0 aliphatic heterocycles. The normalized spacial score (nSPS) is 13.4. The Labute approximate surface area is 188 Å². The third kappa shape index (κ3) is 19.6. The van der Waals surface area contributed by atoms with E-state index in [1.54, 1.807) is 0 Å². The first-order chi connectivity index (χ1) is 14.3. The quantitative estimate of drug-likeness (QED) is 0.131. The summed E-state index contributed by atoms with van der Waals surface area (Å²) in [6.45, 7) is 17.7. The molecule has 1 nitrogen and oxygen atoms in total. The Morgan fingerprint density at radius 3 is 1.40 bits per heavy atom. The van der Waals surface area contributed by atoms with Crippen molar-refractivity contribution in [2.75, 3.05) is 6.61 Å². The van der Waals surface area contributed by atoms with Crippen molar-refractivity contribution in [2.45, 2.75) is 106 Å². The minimum Gasteiger partial charge on any atom is -0.502 e. The van der Waals surface area contributed by atoms with Gasteiger partial charge in [0.05, 0.1) is 12.9 Å². The van der Waals surface area contributed by atoms with Gasteiger partial charge in [-0.05, 0) is 106 Å². The van der Waals surface area contributed by atoms with Crippen LogP contribution in [-0.2, 0) is 4.74 Å². The molecule has 0 radical (unpaired) electrons. The maximum Gasteiger partial charge on any atom is 0.0876 e. The molecule has 0 aliphatic carbocycles. The van der Waals surface area contributed by atoms with Gasteiger partial charge < -0.3 is 4.74 Å². The zero-order valence-electron chi connectivity index (χ0n) is 20.9. The highest BCUT2D eigenvalue weighted by atomic mass is 16.5.